The van der Waals surface area contributed by atoms with Gasteiger partial charge in [-0.3, -0.25) is 4.79 Å². The van der Waals surface area contributed by atoms with Gasteiger partial charge in [0.25, 0.3) is 0 Å². The van der Waals surface area contributed by atoms with E-state index >= 15 is 0 Å². The fourth-order valence-corrected chi connectivity index (χ4v) is 5.87. The second kappa shape index (κ2) is 9.65. The molecule has 2 aromatic carbocycles. The normalized spacial score (nSPS) is 17.3. The molecule has 2 aromatic rings. The molecule has 0 bridgehead atoms. The van der Waals surface area contributed by atoms with Crippen LogP contribution in [0.25, 0.3) is 11.1 Å². The SMILES string of the molecule is Cc1cccc(C)c1-c1ccc(C[C@H](NC(=O)C2(S(C)(=O)=O)CCN(C)CC2)C(=O)O)cc1. The Morgan fingerprint density at radius 1 is 1.06 bits per heavy atom. The van der Waals surface area contributed by atoms with Gasteiger partial charge in [-0.2, -0.15) is 0 Å². The lowest BCUT2D eigenvalue weighted by molar-refractivity contribution is -0.142. The quantitative estimate of drug-likeness (QED) is 0.642. The summed E-state index contributed by atoms with van der Waals surface area (Å²) in [5.74, 6) is -1.92. The number of carbonyl (C=O) groups excluding carboxylic acids is 1. The van der Waals surface area contributed by atoms with Crippen LogP contribution < -0.4 is 5.32 Å². The van der Waals surface area contributed by atoms with Crippen molar-refractivity contribution in [1.29, 1.82) is 0 Å². The van der Waals surface area contributed by atoms with Crippen LogP contribution in [0.15, 0.2) is 42.5 Å². The van der Waals surface area contributed by atoms with Crippen molar-refractivity contribution in [3.05, 3.63) is 59.2 Å². The first-order chi connectivity index (χ1) is 15.4. The Morgan fingerprint density at radius 3 is 2.09 bits per heavy atom. The number of hydrogen-bond donors (Lipinski definition) is 2. The number of rotatable bonds is 7. The first-order valence-electron chi connectivity index (χ1n) is 11.0. The second-order valence-electron chi connectivity index (χ2n) is 9.10. The number of benzene rings is 2. The van der Waals surface area contributed by atoms with Crippen LogP contribution in [0.4, 0.5) is 0 Å². The zero-order valence-electron chi connectivity index (χ0n) is 19.6. The van der Waals surface area contributed by atoms with E-state index in [0.29, 0.717) is 13.1 Å². The molecule has 1 fully saturated rings. The highest BCUT2D eigenvalue weighted by Gasteiger charge is 2.50. The molecule has 1 amide bonds. The molecule has 0 saturated carbocycles. The van der Waals surface area contributed by atoms with Gasteiger partial charge >= 0.3 is 5.97 Å². The molecular weight excluding hydrogens is 440 g/mol. The number of piperidine rings is 1. The highest BCUT2D eigenvalue weighted by Crippen LogP contribution is 2.31. The minimum absolute atomic E-state index is 0.0633. The van der Waals surface area contributed by atoms with E-state index in [2.05, 4.69) is 5.32 Å². The third kappa shape index (κ3) is 5.28. The molecule has 8 heteroatoms. The third-order valence-corrected chi connectivity index (χ3v) is 8.70. The average molecular weight is 473 g/mol. The van der Waals surface area contributed by atoms with E-state index in [-0.39, 0.29) is 19.3 Å². The molecular formula is C25H32N2O5S. The Balaban J connectivity index is 1.80. The van der Waals surface area contributed by atoms with Crippen molar-refractivity contribution in [2.45, 2.75) is 43.9 Å². The maximum absolute atomic E-state index is 13.1. The number of hydrogen-bond acceptors (Lipinski definition) is 5. The van der Waals surface area contributed by atoms with Crippen LogP contribution in [0.5, 0.6) is 0 Å². The predicted octanol–water partition coefficient (Wildman–Crippen LogP) is 2.59. The van der Waals surface area contributed by atoms with Gasteiger partial charge in [-0.05, 0) is 74.6 Å². The van der Waals surface area contributed by atoms with Crippen molar-refractivity contribution >= 4 is 21.7 Å². The van der Waals surface area contributed by atoms with Crippen molar-refractivity contribution in [1.82, 2.24) is 10.2 Å². The monoisotopic (exact) mass is 472 g/mol. The summed E-state index contributed by atoms with van der Waals surface area (Å²) in [6.45, 7) is 5.01. The van der Waals surface area contributed by atoms with E-state index in [4.69, 9.17) is 0 Å². The molecule has 1 atom stereocenters. The van der Waals surface area contributed by atoms with Crippen molar-refractivity contribution in [3.8, 4) is 11.1 Å². The van der Waals surface area contributed by atoms with Crippen LogP contribution in [0.2, 0.25) is 0 Å². The highest BCUT2D eigenvalue weighted by atomic mass is 32.2. The lowest BCUT2D eigenvalue weighted by Crippen LogP contribution is -2.60. The second-order valence-corrected chi connectivity index (χ2v) is 11.4. The van der Waals surface area contributed by atoms with Gasteiger partial charge in [0.1, 0.15) is 6.04 Å². The molecule has 178 valence electrons. The summed E-state index contributed by atoms with van der Waals surface area (Å²) >= 11 is 0. The van der Waals surface area contributed by atoms with E-state index in [9.17, 15) is 23.1 Å². The standard InChI is InChI=1S/C25H32N2O5S/c1-17-6-5-7-18(2)22(17)20-10-8-19(9-11-20)16-21(23(28)29)26-24(30)25(33(4,31)32)12-14-27(3)15-13-25/h5-11,21H,12-16H2,1-4H3,(H,26,30)(H,28,29)/t21-/m0/s1. The Kier molecular flexibility index (Phi) is 7.29. The zero-order valence-corrected chi connectivity index (χ0v) is 20.4. The van der Waals surface area contributed by atoms with Crippen LogP contribution in [0.1, 0.15) is 29.5 Å². The minimum atomic E-state index is -3.73. The molecule has 0 aliphatic carbocycles. The topological polar surface area (TPSA) is 104 Å². The number of carboxylic acids is 1. The van der Waals surface area contributed by atoms with E-state index in [0.717, 1.165) is 34.1 Å². The Bertz CT molecular complexity index is 1110. The first kappa shape index (κ1) is 24.9. The highest BCUT2D eigenvalue weighted by molar-refractivity contribution is 7.92. The number of aryl methyl sites for hydroxylation is 2. The lowest BCUT2D eigenvalue weighted by atomic mass is 9.93. The van der Waals surface area contributed by atoms with Gasteiger partial charge < -0.3 is 15.3 Å². The van der Waals surface area contributed by atoms with Crippen molar-refractivity contribution < 1.29 is 23.1 Å². The number of sulfone groups is 1. The first-order valence-corrected chi connectivity index (χ1v) is 12.9. The van der Waals surface area contributed by atoms with Gasteiger partial charge in [-0.15, -0.1) is 0 Å². The molecule has 1 aliphatic rings. The zero-order chi connectivity index (χ0) is 24.4. The van der Waals surface area contributed by atoms with Gasteiger partial charge in [-0.25, -0.2) is 13.2 Å². The van der Waals surface area contributed by atoms with Gasteiger partial charge in [0.05, 0.1) is 0 Å². The van der Waals surface area contributed by atoms with Gasteiger partial charge in [0.15, 0.2) is 14.6 Å². The smallest absolute Gasteiger partial charge is 0.326 e. The van der Waals surface area contributed by atoms with Gasteiger partial charge in [0.2, 0.25) is 5.91 Å². The summed E-state index contributed by atoms with van der Waals surface area (Å²) in [5.41, 5.74) is 5.23. The van der Waals surface area contributed by atoms with Crippen LogP contribution in [-0.4, -0.2) is 67.5 Å². The maximum atomic E-state index is 13.1. The average Bonchev–Trinajstić information content (AvgIpc) is 2.74. The number of carbonyl (C=O) groups is 2. The molecule has 1 saturated heterocycles. The number of amides is 1. The molecule has 0 aromatic heterocycles. The van der Waals surface area contributed by atoms with Crippen LogP contribution in [0, 0.1) is 13.8 Å². The molecule has 7 nitrogen and oxygen atoms in total. The number of likely N-dealkylation sites (tertiary alicyclic amines) is 1. The summed E-state index contributed by atoms with van der Waals surface area (Å²) in [6.07, 6.45) is 1.41. The largest absolute Gasteiger partial charge is 0.480 e. The Morgan fingerprint density at radius 2 is 1.61 bits per heavy atom. The van der Waals surface area contributed by atoms with E-state index in [1.54, 1.807) is 0 Å². The Hall–Kier alpha value is -2.71. The van der Waals surface area contributed by atoms with E-state index in [1.165, 1.54) is 0 Å². The molecule has 0 unspecified atom stereocenters. The maximum Gasteiger partial charge on any atom is 0.326 e. The fraction of sp³-hybridized carbons (Fsp3) is 0.440. The molecule has 0 spiro atoms. The summed E-state index contributed by atoms with van der Waals surface area (Å²) in [5, 5.41) is 12.3. The summed E-state index contributed by atoms with van der Waals surface area (Å²) in [7, 11) is -1.86. The van der Waals surface area contributed by atoms with Crippen molar-refractivity contribution in [2.24, 2.45) is 0 Å². The Labute approximate surface area is 195 Å². The fourth-order valence-electron chi connectivity index (χ4n) is 4.55. The molecule has 1 heterocycles. The third-order valence-electron chi connectivity index (χ3n) is 6.69. The number of carboxylic acid groups (broad SMARTS) is 1. The minimum Gasteiger partial charge on any atom is -0.480 e. The van der Waals surface area contributed by atoms with Crippen molar-refractivity contribution in [2.75, 3.05) is 26.4 Å². The van der Waals surface area contributed by atoms with Gasteiger partial charge in [0, 0.05) is 12.7 Å². The van der Waals surface area contributed by atoms with E-state index < -0.39 is 32.5 Å². The number of nitrogens with one attached hydrogen (secondary N) is 1. The summed E-state index contributed by atoms with van der Waals surface area (Å²) < 4.78 is 23.5. The number of nitrogens with zero attached hydrogens (tertiary/aromatic N) is 1. The predicted molar refractivity (Wildman–Crippen MR) is 129 cm³/mol. The molecule has 0 radical (unpaired) electrons. The van der Waals surface area contributed by atoms with Crippen LogP contribution in [0.3, 0.4) is 0 Å². The van der Waals surface area contributed by atoms with Crippen LogP contribution in [-0.2, 0) is 25.8 Å². The summed E-state index contributed by atoms with van der Waals surface area (Å²) in [4.78, 5) is 27.0. The van der Waals surface area contributed by atoms with Gasteiger partial charge in [-0.1, -0.05) is 42.5 Å². The van der Waals surface area contributed by atoms with Crippen LogP contribution >= 0.6 is 0 Å². The molecule has 3 rings (SSSR count). The van der Waals surface area contributed by atoms with Crippen molar-refractivity contribution in [3.63, 3.8) is 0 Å². The lowest BCUT2D eigenvalue weighted by Gasteiger charge is -2.38. The molecule has 2 N–H and O–H groups in total. The molecule has 33 heavy (non-hydrogen) atoms. The summed E-state index contributed by atoms with van der Waals surface area (Å²) in [6, 6.07) is 12.5. The van der Waals surface area contributed by atoms with E-state index in [1.807, 2.05) is 68.3 Å². The number of aliphatic carboxylic acids is 1. The molecule has 1 aliphatic heterocycles.